The Balaban J connectivity index is 5.40. The highest BCUT2D eigenvalue weighted by atomic mass is 19.4. The van der Waals surface area contributed by atoms with Crippen LogP contribution in [0.3, 0.4) is 0 Å². The normalized spacial score (nSPS) is 14.6. The van der Waals surface area contributed by atoms with E-state index in [1.807, 2.05) is 0 Å². The Morgan fingerprint density at radius 1 is 1.23 bits per heavy atom. The van der Waals surface area contributed by atoms with Gasteiger partial charge in [-0.1, -0.05) is 6.08 Å². The van der Waals surface area contributed by atoms with Crippen LogP contribution in [0.4, 0.5) is 17.6 Å². The van der Waals surface area contributed by atoms with Crippen LogP contribution in [0.1, 0.15) is 40.0 Å². The number of carboxylic acids is 1. The minimum atomic E-state index is -4.60. The van der Waals surface area contributed by atoms with E-state index in [1.54, 1.807) is 0 Å². The Kier molecular flexibility index (Phi) is 7.55. The van der Waals surface area contributed by atoms with Crippen molar-refractivity contribution in [1.82, 2.24) is 0 Å². The third-order valence-corrected chi connectivity index (χ3v) is 2.49. The first-order chi connectivity index (χ1) is 9.87. The van der Waals surface area contributed by atoms with Crippen LogP contribution in [-0.4, -0.2) is 35.5 Å². The number of aliphatic carboxylic acids is 1. The van der Waals surface area contributed by atoms with Crippen LogP contribution in [0.2, 0.25) is 0 Å². The third-order valence-electron chi connectivity index (χ3n) is 2.49. The molecule has 8 heteroatoms. The first kappa shape index (κ1) is 20.4. The average Bonchev–Trinajstić information content (AvgIpc) is 2.28. The van der Waals surface area contributed by atoms with Gasteiger partial charge in [0.25, 0.3) is 0 Å². The summed E-state index contributed by atoms with van der Waals surface area (Å²) < 4.78 is 54.1. The van der Waals surface area contributed by atoms with Crippen molar-refractivity contribution < 1.29 is 37.0 Å². The lowest BCUT2D eigenvalue weighted by molar-refractivity contribution is -0.160. The summed E-state index contributed by atoms with van der Waals surface area (Å²) in [5, 5.41) is 9.05. The number of hydrogen-bond acceptors (Lipinski definition) is 3. The highest BCUT2D eigenvalue weighted by molar-refractivity contribution is 5.94. The maximum Gasteiger partial charge on any atom is 0.392 e. The molecule has 22 heavy (non-hydrogen) atoms. The van der Waals surface area contributed by atoms with Gasteiger partial charge in [-0.15, -0.1) is 0 Å². The van der Waals surface area contributed by atoms with Gasteiger partial charge in [-0.3, -0.25) is 9.18 Å². The maximum absolute atomic E-state index is 12.3. The molecule has 1 atom stereocenters. The van der Waals surface area contributed by atoms with Crippen LogP contribution in [0.15, 0.2) is 11.6 Å². The van der Waals surface area contributed by atoms with Crippen LogP contribution < -0.4 is 0 Å². The van der Waals surface area contributed by atoms with Gasteiger partial charge in [0.1, 0.15) is 5.60 Å². The van der Waals surface area contributed by atoms with E-state index in [0.717, 1.165) is 0 Å². The van der Waals surface area contributed by atoms with Crippen molar-refractivity contribution in [3.8, 4) is 0 Å². The standard InChI is InChI=1S/C14H20F4O4/c1-13(2,3)22-12(21)10(5-4-8-15)9(11(19)20)6-7-14(16,17)18/h6,10H,4-5,7-8H2,1-3H3,(H,19,20)/b9-6-/t10-/m0/s1. The molecular weight excluding hydrogens is 308 g/mol. The van der Waals surface area contributed by atoms with E-state index < -0.39 is 48.3 Å². The average molecular weight is 328 g/mol. The number of ether oxygens (including phenoxy) is 1. The first-order valence-electron chi connectivity index (χ1n) is 6.66. The minimum Gasteiger partial charge on any atom is -0.478 e. The van der Waals surface area contributed by atoms with Gasteiger partial charge in [0.05, 0.1) is 19.0 Å². The van der Waals surface area contributed by atoms with Gasteiger partial charge in [0.15, 0.2) is 0 Å². The second-order valence-corrected chi connectivity index (χ2v) is 5.70. The van der Waals surface area contributed by atoms with E-state index >= 15 is 0 Å². The maximum atomic E-state index is 12.3. The molecule has 0 saturated heterocycles. The lowest BCUT2D eigenvalue weighted by Crippen LogP contribution is -2.31. The highest BCUT2D eigenvalue weighted by Gasteiger charge is 2.33. The summed E-state index contributed by atoms with van der Waals surface area (Å²) in [5.74, 6) is -4.06. The number of carbonyl (C=O) groups excluding carboxylic acids is 1. The summed E-state index contributed by atoms with van der Waals surface area (Å²) in [7, 11) is 0. The molecule has 128 valence electrons. The molecule has 0 spiro atoms. The molecule has 0 aromatic rings. The van der Waals surface area contributed by atoms with Gasteiger partial charge in [-0.05, 0) is 33.6 Å². The van der Waals surface area contributed by atoms with Crippen molar-refractivity contribution in [2.45, 2.75) is 51.8 Å². The topological polar surface area (TPSA) is 63.6 Å². The van der Waals surface area contributed by atoms with Crippen molar-refractivity contribution in [3.63, 3.8) is 0 Å². The smallest absolute Gasteiger partial charge is 0.392 e. The number of alkyl halides is 4. The fourth-order valence-corrected chi connectivity index (χ4v) is 1.66. The Bertz CT molecular complexity index is 422. The molecule has 0 aromatic heterocycles. The number of esters is 1. The van der Waals surface area contributed by atoms with Crippen molar-refractivity contribution in [1.29, 1.82) is 0 Å². The first-order valence-corrected chi connectivity index (χ1v) is 6.66. The number of rotatable bonds is 7. The van der Waals surface area contributed by atoms with Crippen molar-refractivity contribution in [2.75, 3.05) is 6.67 Å². The Hall–Kier alpha value is -1.60. The Morgan fingerprint density at radius 2 is 1.77 bits per heavy atom. The van der Waals surface area contributed by atoms with E-state index in [1.165, 1.54) is 20.8 Å². The lowest BCUT2D eigenvalue weighted by atomic mass is 9.93. The van der Waals surface area contributed by atoms with E-state index in [2.05, 4.69) is 0 Å². The molecule has 1 N–H and O–H groups in total. The number of halogens is 4. The number of carboxylic acid groups (broad SMARTS) is 1. The molecule has 0 saturated carbocycles. The van der Waals surface area contributed by atoms with E-state index in [9.17, 15) is 27.2 Å². The monoisotopic (exact) mass is 328 g/mol. The highest BCUT2D eigenvalue weighted by Crippen LogP contribution is 2.27. The summed E-state index contributed by atoms with van der Waals surface area (Å²) in [6, 6.07) is 0. The molecule has 0 heterocycles. The quantitative estimate of drug-likeness (QED) is 0.440. The van der Waals surface area contributed by atoms with Gasteiger partial charge < -0.3 is 9.84 Å². The molecule has 4 nitrogen and oxygen atoms in total. The lowest BCUT2D eigenvalue weighted by Gasteiger charge is -2.24. The largest absolute Gasteiger partial charge is 0.478 e. The van der Waals surface area contributed by atoms with Crippen LogP contribution in [0.25, 0.3) is 0 Å². The fourth-order valence-electron chi connectivity index (χ4n) is 1.66. The molecule has 0 rings (SSSR count). The van der Waals surface area contributed by atoms with E-state index in [0.29, 0.717) is 6.08 Å². The number of hydrogen-bond donors (Lipinski definition) is 1. The summed E-state index contributed by atoms with van der Waals surface area (Å²) in [5.41, 5.74) is -1.65. The van der Waals surface area contributed by atoms with Gasteiger partial charge >= 0.3 is 18.1 Å². The van der Waals surface area contributed by atoms with E-state index in [4.69, 9.17) is 9.84 Å². The van der Waals surface area contributed by atoms with Gasteiger partial charge in [-0.2, -0.15) is 13.2 Å². The second-order valence-electron chi connectivity index (χ2n) is 5.70. The zero-order chi connectivity index (χ0) is 17.6. The van der Waals surface area contributed by atoms with Crippen LogP contribution >= 0.6 is 0 Å². The van der Waals surface area contributed by atoms with Crippen LogP contribution in [0.5, 0.6) is 0 Å². The molecule has 0 aliphatic rings. The summed E-state index contributed by atoms with van der Waals surface area (Å²) in [6.07, 6.45) is -6.03. The third kappa shape index (κ3) is 8.63. The van der Waals surface area contributed by atoms with Gasteiger partial charge in [-0.25, -0.2) is 4.79 Å². The zero-order valence-electron chi connectivity index (χ0n) is 12.7. The minimum absolute atomic E-state index is 0.152. The number of allylic oxidation sites excluding steroid dienone is 1. The molecule has 0 fully saturated rings. The van der Waals surface area contributed by atoms with Crippen LogP contribution in [0, 0.1) is 5.92 Å². The van der Waals surface area contributed by atoms with Crippen molar-refractivity contribution in [2.24, 2.45) is 5.92 Å². The molecule has 0 unspecified atom stereocenters. The Labute approximate surface area is 126 Å². The predicted octanol–water partition coefficient (Wildman–Crippen LogP) is 3.66. The van der Waals surface area contributed by atoms with Crippen molar-refractivity contribution >= 4 is 11.9 Å². The molecule has 0 aliphatic carbocycles. The van der Waals surface area contributed by atoms with Crippen LogP contribution in [-0.2, 0) is 14.3 Å². The molecule has 0 radical (unpaired) electrons. The second kappa shape index (κ2) is 8.14. The molecule has 0 aliphatic heterocycles. The van der Waals surface area contributed by atoms with Gasteiger partial charge in [0.2, 0.25) is 0 Å². The molecule has 0 amide bonds. The number of carbonyl (C=O) groups is 2. The summed E-state index contributed by atoms with van der Waals surface area (Å²) in [4.78, 5) is 23.2. The molecular formula is C14H20F4O4. The van der Waals surface area contributed by atoms with Gasteiger partial charge in [0, 0.05) is 5.57 Å². The summed E-state index contributed by atoms with van der Waals surface area (Å²) >= 11 is 0. The van der Waals surface area contributed by atoms with E-state index in [-0.39, 0.29) is 12.8 Å². The fraction of sp³-hybridized carbons (Fsp3) is 0.714. The SMILES string of the molecule is CC(C)(C)OC(=O)[C@@H](CCCF)/C(=C/CC(F)(F)F)C(=O)O. The Morgan fingerprint density at radius 3 is 2.14 bits per heavy atom. The summed E-state index contributed by atoms with van der Waals surface area (Å²) in [6.45, 7) is 3.80. The van der Waals surface area contributed by atoms with Crippen molar-refractivity contribution in [3.05, 3.63) is 11.6 Å². The predicted molar refractivity (Wildman–Crippen MR) is 70.9 cm³/mol. The zero-order valence-corrected chi connectivity index (χ0v) is 12.7. The molecule has 0 bridgehead atoms. The molecule has 0 aromatic carbocycles.